The minimum absolute atomic E-state index is 0.161. The summed E-state index contributed by atoms with van der Waals surface area (Å²) in [6.45, 7) is 0.456. The summed E-state index contributed by atoms with van der Waals surface area (Å²) >= 11 is 0. The molecule has 1 unspecified atom stereocenters. The van der Waals surface area contributed by atoms with E-state index in [1.165, 1.54) is 32.1 Å². The number of unbranched alkanes of at least 4 members (excludes halogenated alkanes) is 9. The van der Waals surface area contributed by atoms with Crippen molar-refractivity contribution in [2.24, 2.45) is 0 Å². The zero-order chi connectivity index (χ0) is 21.5. The van der Waals surface area contributed by atoms with E-state index in [1.807, 2.05) is 0 Å². The number of benzene rings is 1. The molecule has 1 rings (SSSR count). The summed E-state index contributed by atoms with van der Waals surface area (Å²) in [7, 11) is 0. The topological polar surface area (TPSA) is 49.7 Å². The summed E-state index contributed by atoms with van der Waals surface area (Å²) in [6, 6.07) is 2.10. The molecule has 0 aromatic heterocycles. The minimum Gasteiger partial charge on any atom is -0.346 e. The average molecular weight is 419 g/mol. The first-order valence-electron chi connectivity index (χ1n) is 11.1. The first kappa shape index (κ1) is 25.9. The SMILES string of the molecule is CCCCCCCCCC(CCCCCCc1cc(F)c(F)c(F)c1)OC(O)O. The van der Waals surface area contributed by atoms with Gasteiger partial charge in [0.05, 0.1) is 6.10 Å². The third-order valence-electron chi connectivity index (χ3n) is 5.23. The molecule has 0 amide bonds. The number of rotatable bonds is 17. The lowest BCUT2D eigenvalue weighted by atomic mass is 10.0. The van der Waals surface area contributed by atoms with Crippen molar-refractivity contribution in [3.8, 4) is 0 Å². The Bertz CT molecular complexity index is 529. The highest BCUT2D eigenvalue weighted by Crippen LogP contribution is 2.19. The molecular weight excluding hydrogens is 381 g/mol. The fraction of sp³-hybridized carbons (Fsp3) is 0.739. The van der Waals surface area contributed by atoms with Crippen molar-refractivity contribution in [3.63, 3.8) is 0 Å². The smallest absolute Gasteiger partial charge is 0.266 e. The lowest BCUT2D eigenvalue weighted by Crippen LogP contribution is -2.21. The summed E-state index contributed by atoms with van der Waals surface area (Å²) < 4.78 is 44.5. The van der Waals surface area contributed by atoms with Gasteiger partial charge in [-0.1, -0.05) is 71.1 Å². The number of aliphatic hydroxyl groups is 2. The van der Waals surface area contributed by atoms with Crippen molar-refractivity contribution >= 4 is 0 Å². The summed E-state index contributed by atoms with van der Waals surface area (Å²) in [5, 5.41) is 18.2. The Balaban J connectivity index is 2.17. The summed E-state index contributed by atoms with van der Waals surface area (Å²) in [6.07, 6.45) is 13.8. The molecule has 0 radical (unpaired) electrons. The van der Waals surface area contributed by atoms with E-state index in [9.17, 15) is 13.2 Å². The van der Waals surface area contributed by atoms with E-state index in [2.05, 4.69) is 6.92 Å². The fourth-order valence-electron chi connectivity index (χ4n) is 3.59. The Morgan fingerprint density at radius 3 is 1.76 bits per heavy atom. The second kappa shape index (κ2) is 15.7. The number of hydrogen-bond donors (Lipinski definition) is 2. The van der Waals surface area contributed by atoms with Crippen LogP contribution in [0.15, 0.2) is 12.1 Å². The zero-order valence-corrected chi connectivity index (χ0v) is 17.6. The third-order valence-corrected chi connectivity index (χ3v) is 5.23. The lowest BCUT2D eigenvalue weighted by Gasteiger charge is -2.19. The summed E-state index contributed by atoms with van der Waals surface area (Å²) in [5.41, 5.74) is 0.463. The highest BCUT2D eigenvalue weighted by molar-refractivity contribution is 5.19. The van der Waals surface area contributed by atoms with Gasteiger partial charge in [-0.25, -0.2) is 13.2 Å². The second-order valence-corrected chi connectivity index (χ2v) is 7.82. The van der Waals surface area contributed by atoms with Crippen molar-refractivity contribution in [2.45, 2.75) is 109 Å². The van der Waals surface area contributed by atoms with Gasteiger partial charge in [-0.15, -0.1) is 0 Å². The molecule has 0 aliphatic heterocycles. The van der Waals surface area contributed by atoms with Crippen LogP contribution in [0.25, 0.3) is 0 Å². The molecule has 168 valence electrons. The van der Waals surface area contributed by atoms with Crippen LogP contribution in [0.2, 0.25) is 0 Å². The van der Waals surface area contributed by atoms with E-state index in [-0.39, 0.29) is 6.10 Å². The molecule has 1 atom stereocenters. The van der Waals surface area contributed by atoms with Gasteiger partial charge in [-0.05, 0) is 43.4 Å². The number of aliphatic hydroxyl groups excluding tert-OH is 1. The van der Waals surface area contributed by atoms with Gasteiger partial charge in [0.25, 0.3) is 6.48 Å². The summed E-state index contributed by atoms with van der Waals surface area (Å²) in [5.74, 6) is -3.72. The first-order chi connectivity index (χ1) is 13.9. The van der Waals surface area contributed by atoms with Gasteiger partial charge in [-0.3, -0.25) is 0 Å². The Morgan fingerprint density at radius 1 is 0.759 bits per heavy atom. The van der Waals surface area contributed by atoms with Crippen molar-refractivity contribution in [1.82, 2.24) is 0 Å². The quantitative estimate of drug-likeness (QED) is 0.175. The van der Waals surface area contributed by atoms with E-state index in [4.69, 9.17) is 14.9 Å². The third kappa shape index (κ3) is 12.2. The number of halogens is 3. The monoisotopic (exact) mass is 418 g/mol. The number of ether oxygens (including phenoxy) is 1. The summed E-state index contributed by atoms with van der Waals surface area (Å²) in [4.78, 5) is 0. The van der Waals surface area contributed by atoms with Crippen molar-refractivity contribution in [3.05, 3.63) is 35.1 Å². The predicted octanol–water partition coefficient (Wildman–Crippen LogP) is 6.39. The van der Waals surface area contributed by atoms with Crippen LogP contribution in [0.3, 0.4) is 0 Å². The Morgan fingerprint density at radius 2 is 1.24 bits per heavy atom. The maximum absolute atomic E-state index is 13.2. The van der Waals surface area contributed by atoms with Crippen LogP contribution in [0.5, 0.6) is 0 Å². The number of aryl methyl sites for hydroxylation is 1. The van der Waals surface area contributed by atoms with Crippen LogP contribution in [-0.2, 0) is 11.2 Å². The van der Waals surface area contributed by atoms with Crippen LogP contribution in [0.4, 0.5) is 13.2 Å². The average Bonchev–Trinajstić information content (AvgIpc) is 2.67. The predicted molar refractivity (Wildman–Crippen MR) is 109 cm³/mol. The molecule has 0 saturated heterocycles. The Hall–Kier alpha value is -1.11. The van der Waals surface area contributed by atoms with E-state index in [1.54, 1.807) is 0 Å². The molecule has 0 saturated carbocycles. The van der Waals surface area contributed by atoms with Crippen LogP contribution in [0, 0.1) is 17.5 Å². The molecule has 6 heteroatoms. The Kier molecular flexibility index (Phi) is 14.0. The maximum Gasteiger partial charge on any atom is 0.266 e. The maximum atomic E-state index is 13.2. The molecular formula is C23H37F3O3. The molecule has 3 nitrogen and oxygen atoms in total. The molecule has 29 heavy (non-hydrogen) atoms. The van der Waals surface area contributed by atoms with E-state index in [0.717, 1.165) is 63.5 Å². The first-order valence-corrected chi connectivity index (χ1v) is 11.1. The Labute approximate surface area is 173 Å². The molecule has 0 aliphatic carbocycles. The van der Waals surface area contributed by atoms with Gasteiger partial charge < -0.3 is 14.9 Å². The van der Waals surface area contributed by atoms with Crippen LogP contribution in [0.1, 0.15) is 96.0 Å². The molecule has 0 heterocycles. The highest BCUT2D eigenvalue weighted by atomic mass is 19.2. The van der Waals surface area contributed by atoms with E-state index in [0.29, 0.717) is 12.0 Å². The molecule has 0 fully saturated rings. The van der Waals surface area contributed by atoms with Gasteiger partial charge in [0.15, 0.2) is 17.5 Å². The van der Waals surface area contributed by atoms with Crippen LogP contribution < -0.4 is 0 Å². The van der Waals surface area contributed by atoms with Gasteiger partial charge in [-0.2, -0.15) is 0 Å². The lowest BCUT2D eigenvalue weighted by molar-refractivity contribution is -0.257. The molecule has 1 aromatic rings. The molecule has 0 spiro atoms. The van der Waals surface area contributed by atoms with Gasteiger partial charge in [0.2, 0.25) is 0 Å². The fourth-order valence-corrected chi connectivity index (χ4v) is 3.59. The van der Waals surface area contributed by atoms with Crippen molar-refractivity contribution < 1.29 is 28.1 Å². The number of hydrogen-bond acceptors (Lipinski definition) is 3. The molecule has 1 aromatic carbocycles. The second-order valence-electron chi connectivity index (χ2n) is 7.82. The standard InChI is InChI=1S/C23H37F3O3/c1-2-3-4-5-6-7-11-14-19(29-23(27)28)15-12-9-8-10-13-18-16-20(24)22(26)21(25)17-18/h16-17,19,23,27-28H,2-15H2,1H3. The highest BCUT2D eigenvalue weighted by Gasteiger charge is 2.13. The van der Waals surface area contributed by atoms with E-state index >= 15 is 0 Å². The minimum atomic E-state index is -1.74. The van der Waals surface area contributed by atoms with Gasteiger partial charge >= 0.3 is 0 Å². The normalized spacial score (nSPS) is 12.7. The molecule has 2 N–H and O–H groups in total. The van der Waals surface area contributed by atoms with Crippen LogP contribution in [-0.4, -0.2) is 22.8 Å². The largest absolute Gasteiger partial charge is 0.346 e. The van der Waals surface area contributed by atoms with Gasteiger partial charge in [0, 0.05) is 0 Å². The van der Waals surface area contributed by atoms with Gasteiger partial charge in [0.1, 0.15) is 0 Å². The molecule has 0 aliphatic rings. The van der Waals surface area contributed by atoms with Crippen molar-refractivity contribution in [2.75, 3.05) is 0 Å². The van der Waals surface area contributed by atoms with Crippen molar-refractivity contribution in [1.29, 1.82) is 0 Å². The van der Waals surface area contributed by atoms with Crippen LogP contribution >= 0.6 is 0 Å². The van der Waals surface area contributed by atoms with E-state index < -0.39 is 23.9 Å². The zero-order valence-electron chi connectivity index (χ0n) is 17.6. The molecule has 0 bridgehead atoms.